The minimum absolute atomic E-state index is 0.102. The highest BCUT2D eigenvalue weighted by molar-refractivity contribution is 6.34. The second-order valence-corrected chi connectivity index (χ2v) is 6.60. The second-order valence-electron chi connectivity index (χ2n) is 6.17. The van der Waals surface area contributed by atoms with Crippen molar-refractivity contribution in [3.05, 3.63) is 83.1 Å². The maximum absolute atomic E-state index is 13.5. The first kappa shape index (κ1) is 19.0. The van der Waals surface area contributed by atoms with E-state index in [0.29, 0.717) is 16.3 Å². The van der Waals surface area contributed by atoms with E-state index in [0.717, 1.165) is 11.1 Å². The van der Waals surface area contributed by atoms with Gasteiger partial charge in [-0.3, -0.25) is 4.79 Å². The molecule has 1 aromatic heterocycles. The van der Waals surface area contributed by atoms with E-state index in [1.165, 1.54) is 18.2 Å². The van der Waals surface area contributed by atoms with Gasteiger partial charge in [-0.05, 0) is 54.6 Å². The number of alkyl halides is 3. The number of anilines is 1. The third-order valence-corrected chi connectivity index (χ3v) is 4.44. The fraction of sp³-hybridized carbons (Fsp3) is 0.0476. The van der Waals surface area contributed by atoms with Gasteiger partial charge in [0.1, 0.15) is 11.5 Å². The van der Waals surface area contributed by atoms with Crippen molar-refractivity contribution in [3.8, 4) is 11.3 Å². The van der Waals surface area contributed by atoms with Gasteiger partial charge in [0.15, 0.2) is 5.71 Å². The predicted octanol–water partition coefficient (Wildman–Crippen LogP) is 5.95. The molecule has 0 N–H and O–H groups in total. The molecule has 0 spiro atoms. The van der Waals surface area contributed by atoms with Crippen LogP contribution in [-0.4, -0.2) is 17.8 Å². The van der Waals surface area contributed by atoms with E-state index in [4.69, 9.17) is 16.0 Å². The first-order valence-corrected chi connectivity index (χ1v) is 8.84. The number of halogens is 4. The Bertz CT molecular complexity index is 1120. The lowest BCUT2D eigenvalue weighted by Gasteiger charge is -2.10. The van der Waals surface area contributed by atoms with Crippen LogP contribution in [0.1, 0.15) is 5.76 Å². The summed E-state index contributed by atoms with van der Waals surface area (Å²) in [4.78, 5) is 12.7. The summed E-state index contributed by atoms with van der Waals surface area (Å²) >= 11 is 5.85. The van der Waals surface area contributed by atoms with Crippen molar-refractivity contribution in [1.82, 2.24) is 0 Å². The zero-order valence-corrected chi connectivity index (χ0v) is 15.4. The number of furan rings is 1. The maximum atomic E-state index is 13.5. The fourth-order valence-corrected chi connectivity index (χ4v) is 2.97. The molecule has 1 amide bonds. The first-order chi connectivity index (χ1) is 13.8. The molecule has 29 heavy (non-hydrogen) atoms. The van der Waals surface area contributed by atoms with E-state index >= 15 is 0 Å². The third-order valence-electron chi connectivity index (χ3n) is 4.19. The van der Waals surface area contributed by atoms with E-state index in [-0.39, 0.29) is 11.4 Å². The number of hydrazone groups is 1. The minimum atomic E-state index is -4.80. The van der Waals surface area contributed by atoms with Gasteiger partial charge in [0.25, 0.3) is 5.91 Å². The summed E-state index contributed by atoms with van der Waals surface area (Å²) in [5.41, 5.74) is -0.912. The lowest BCUT2D eigenvalue weighted by atomic mass is 10.1. The zero-order valence-electron chi connectivity index (χ0n) is 14.7. The van der Waals surface area contributed by atoms with Gasteiger partial charge >= 0.3 is 6.18 Å². The Morgan fingerprint density at radius 1 is 0.966 bits per heavy atom. The average Bonchev–Trinajstić information content (AvgIpc) is 3.28. The van der Waals surface area contributed by atoms with Gasteiger partial charge in [-0.2, -0.15) is 23.3 Å². The molecule has 0 fully saturated rings. The maximum Gasteiger partial charge on any atom is 0.435 e. The summed E-state index contributed by atoms with van der Waals surface area (Å²) in [6.07, 6.45) is -3.74. The molecule has 1 aliphatic rings. The summed E-state index contributed by atoms with van der Waals surface area (Å²) in [6.45, 7) is 0. The molecule has 0 atom stereocenters. The van der Waals surface area contributed by atoms with Crippen LogP contribution >= 0.6 is 11.6 Å². The Hall–Kier alpha value is -3.32. The second kappa shape index (κ2) is 7.25. The lowest BCUT2D eigenvalue weighted by Crippen LogP contribution is -2.25. The number of carbonyl (C=O) groups is 1. The van der Waals surface area contributed by atoms with Gasteiger partial charge in [0.05, 0.1) is 11.3 Å². The Kier molecular flexibility index (Phi) is 4.76. The Labute approximate surface area is 168 Å². The van der Waals surface area contributed by atoms with Crippen LogP contribution in [0.25, 0.3) is 17.4 Å². The van der Waals surface area contributed by atoms with Crippen LogP contribution in [0.2, 0.25) is 5.02 Å². The molecule has 146 valence electrons. The van der Waals surface area contributed by atoms with Crippen LogP contribution in [-0.2, 0) is 4.79 Å². The molecule has 3 aromatic rings. The summed E-state index contributed by atoms with van der Waals surface area (Å²) in [7, 11) is 0. The molecule has 2 heterocycles. The van der Waals surface area contributed by atoms with Gasteiger partial charge in [-0.1, -0.05) is 29.8 Å². The number of rotatable bonds is 3. The number of para-hydroxylation sites is 1. The molecule has 8 heteroatoms. The van der Waals surface area contributed by atoms with Crippen LogP contribution < -0.4 is 5.01 Å². The molecule has 0 unspecified atom stereocenters. The average molecular weight is 417 g/mol. The fourth-order valence-electron chi connectivity index (χ4n) is 2.84. The van der Waals surface area contributed by atoms with E-state index in [1.807, 2.05) is 0 Å². The summed E-state index contributed by atoms with van der Waals surface area (Å²) in [5, 5.41) is 4.79. The van der Waals surface area contributed by atoms with Crippen LogP contribution in [0, 0.1) is 0 Å². The van der Waals surface area contributed by atoms with Crippen molar-refractivity contribution in [2.24, 2.45) is 5.10 Å². The highest BCUT2D eigenvalue weighted by Crippen LogP contribution is 2.33. The van der Waals surface area contributed by atoms with E-state index < -0.39 is 23.4 Å². The number of benzene rings is 2. The molecule has 2 aromatic carbocycles. The normalized spacial score (nSPS) is 15.9. The van der Waals surface area contributed by atoms with Crippen molar-refractivity contribution in [1.29, 1.82) is 0 Å². The van der Waals surface area contributed by atoms with Gasteiger partial charge in [0.2, 0.25) is 0 Å². The number of nitrogens with zero attached hydrogens (tertiary/aromatic N) is 2. The van der Waals surface area contributed by atoms with Gasteiger partial charge < -0.3 is 4.42 Å². The first-order valence-electron chi connectivity index (χ1n) is 8.46. The highest BCUT2D eigenvalue weighted by atomic mass is 35.5. The molecule has 0 saturated heterocycles. The van der Waals surface area contributed by atoms with E-state index in [2.05, 4.69) is 5.10 Å². The number of hydrogen-bond donors (Lipinski definition) is 0. The van der Waals surface area contributed by atoms with E-state index in [1.54, 1.807) is 48.5 Å². The monoisotopic (exact) mass is 416 g/mol. The number of amides is 1. The molecule has 1 aliphatic heterocycles. The molecular weight excluding hydrogens is 405 g/mol. The molecular formula is C21H12ClF3N2O2. The van der Waals surface area contributed by atoms with Crippen molar-refractivity contribution < 1.29 is 22.4 Å². The van der Waals surface area contributed by atoms with Crippen LogP contribution in [0.4, 0.5) is 18.9 Å². The summed E-state index contributed by atoms with van der Waals surface area (Å²) in [5.74, 6) is -0.345. The van der Waals surface area contributed by atoms with Crippen molar-refractivity contribution in [3.63, 3.8) is 0 Å². The van der Waals surface area contributed by atoms with Gasteiger partial charge in [-0.25, -0.2) is 0 Å². The van der Waals surface area contributed by atoms with Crippen molar-refractivity contribution in [2.75, 3.05) is 5.01 Å². The van der Waals surface area contributed by atoms with Gasteiger partial charge in [0, 0.05) is 10.6 Å². The molecule has 4 rings (SSSR count). The molecule has 4 nitrogen and oxygen atoms in total. The Balaban J connectivity index is 1.71. The van der Waals surface area contributed by atoms with Crippen LogP contribution in [0.3, 0.4) is 0 Å². The van der Waals surface area contributed by atoms with Gasteiger partial charge in [-0.15, -0.1) is 0 Å². The molecule has 0 bridgehead atoms. The highest BCUT2D eigenvalue weighted by Gasteiger charge is 2.47. The largest absolute Gasteiger partial charge is 0.457 e. The van der Waals surface area contributed by atoms with Crippen molar-refractivity contribution in [2.45, 2.75) is 6.18 Å². The number of carbonyl (C=O) groups excluding carboxylic acids is 1. The summed E-state index contributed by atoms with van der Waals surface area (Å²) < 4.78 is 46.1. The predicted molar refractivity (Wildman–Crippen MR) is 105 cm³/mol. The molecule has 0 aliphatic carbocycles. The number of hydrogen-bond acceptors (Lipinski definition) is 3. The minimum Gasteiger partial charge on any atom is -0.457 e. The quantitative estimate of drug-likeness (QED) is 0.495. The van der Waals surface area contributed by atoms with Crippen LogP contribution in [0.5, 0.6) is 0 Å². The molecule has 0 saturated carbocycles. The molecule has 0 radical (unpaired) electrons. The Morgan fingerprint density at radius 3 is 2.31 bits per heavy atom. The van der Waals surface area contributed by atoms with Crippen LogP contribution in [0.15, 0.2) is 81.8 Å². The van der Waals surface area contributed by atoms with E-state index in [9.17, 15) is 18.0 Å². The third kappa shape index (κ3) is 3.82. The smallest absolute Gasteiger partial charge is 0.435 e. The Morgan fingerprint density at radius 2 is 1.66 bits per heavy atom. The zero-order chi connectivity index (χ0) is 20.6. The lowest BCUT2D eigenvalue weighted by molar-refractivity contribution is -0.114. The standard InChI is InChI=1S/C21H12ClF3N2O2/c22-14-8-6-13(7-9-14)18-11-10-16(29-18)12-17-19(21(23,24)25)26-27(20(17)28)15-4-2-1-3-5-15/h1-12H/b17-12-. The summed E-state index contributed by atoms with van der Waals surface area (Å²) in [6, 6.07) is 17.8. The van der Waals surface area contributed by atoms with Crippen molar-refractivity contribution >= 4 is 35.0 Å². The SMILES string of the molecule is O=C1/C(=C\c2ccc(-c3ccc(Cl)cc3)o2)C(C(F)(F)F)=NN1c1ccccc1. The topological polar surface area (TPSA) is 45.8 Å².